The second-order valence-corrected chi connectivity index (χ2v) is 8.45. The highest BCUT2D eigenvalue weighted by atomic mass is 16.5. The van der Waals surface area contributed by atoms with Crippen molar-refractivity contribution in [2.24, 2.45) is 5.92 Å². The Hall–Kier alpha value is -3.15. The number of amides is 2. The van der Waals surface area contributed by atoms with Crippen LogP contribution in [0.4, 0.5) is 11.4 Å². The summed E-state index contributed by atoms with van der Waals surface area (Å²) in [7, 11) is 0. The molecule has 2 aromatic carbocycles. The summed E-state index contributed by atoms with van der Waals surface area (Å²) in [5, 5.41) is 2.89. The van der Waals surface area contributed by atoms with Gasteiger partial charge < -0.3 is 15.0 Å². The number of esters is 1. The largest absolute Gasteiger partial charge is 0.462 e. The summed E-state index contributed by atoms with van der Waals surface area (Å²) < 4.78 is 5.27. The average molecular weight is 451 g/mol. The van der Waals surface area contributed by atoms with Gasteiger partial charge in [-0.15, -0.1) is 0 Å². The van der Waals surface area contributed by atoms with Gasteiger partial charge >= 0.3 is 5.97 Å². The van der Waals surface area contributed by atoms with E-state index in [1.54, 1.807) is 29.2 Å². The van der Waals surface area contributed by atoms with Crippen LogP contribution in [0.15, 0.2) is 42.5 Å². The molecule has 0 saturated carbocycles. The number of nitrogens with one attached hydrogen (secondary N) is 1. The molecule has 1 saturated heterocycles. The molecular weight excluding hydrogens is 416 g/mol. The number of hydrogen-bond acceptors (Lipinski definition) is 4. The predicted octanol–water partition coefficient (Wildman–Crippen LogP) is 5.15. The summed E-state index contributed by atoms with van der Waals surface area (Å²) in [6.07, 6.45) is 4.81. The minimum absolute atomic E-state index is 0.0214. The lowest BCUT2D eigenvalue weighted by molar-refractivity contribution is -0.122. The lowest BCUT2D eigenvalue weighted by atomic mass is 10.0. The molecule has 1 fully saturated rings. The minimum Gasteiger partial charge on any atom is -0.462 e. The van der Waals surface area contributed by atoms with Crippen molar-refractivity contribution < 1.29 is 19.1 Å². The first-order valence-corrected chi connectivity index (χ1v) is 12.0. The fraction of sp³-hybridized carbons (Fsp3) is 0.444. The van der Waals surface area contributed by atoms with Crippen molar-refractivity contribution in [2.75, 3.05) is 23.4 Å². The standard InChI is InChI=1S/C27H34N2O4/c1-4-7-8-16-33-27(32)21-12-14-23(15-13-21)28-26(31)22-17-24(30)29(18-22)25-19(5-2)10-9-11-20(25)6-3/h9-15,22H,4-8,16-18H2,1-3H3,(H,28,31)/t22-/m0/s1. The van der Waals surface area contributed by atoms with Gasteiger partial charge in [-0.1, -0.05) is 51.8 Å². The Bertz CT molecular complexity index is 962. The van der Waals surface area contributed by atoms with Gasteiger partial charge in [0.1, 0.15) is 0 Å². The predicted molar refractivity (Wildman–Crippen MR) is 131 cm³/mol. The number of aryl methyl sites for hydroxylation is 2. The summed E-state index contributed by atoms with van der Waals surface area (Å²) in [6, 6.07) is 12.8. The van der Waals surface area contributed by atoms with E-state index in [0.717, 1.165) is 48.9 Å². The van der Waals surface area contributed by atoms with Crippen LogP contribution in [0.3, 0.4) is 0 Å². The van der Waals surface area contributed by atoms with Crippen molar-refractivity contribution in [2.45, 2.75) is 59.3 Å². The molecule has 1 aliphatic rings. The normalized spacial score (nSPS) is 15.5. The average Bonchev–Trinajstić information content (AvgIpc) is 3.22. The highest BCUT2D eigenvalue weighted by molar-refractivity contribution is 6.04. The van der Waals surface area contributed by atoms with E-state index in [2.05, 4.69) is 26.1 Å². The number of carbonyl (C=O) groups is 3. The SMILES string of the molecule is CCCCCOC(=O)c1ccc(NC(=O)[C@H]2CC(=O)N(c3c(CC)cccc3CC)C2)cc1. The molecule has 176 valence electrons. The van der Waals surface area contributed by atoms with E-state index >= 15 is 0 Å². The van der Waals surface area contributed by atoms with Gasteiger partial charge in [0.2, 0.25) is 11.8 Å². The molecule has 6 nitrogen and oxygen atoms in total. The second kappa shape index (κ2) is 11.6. The number of anilines is 2. The van der Waals surface area contributed by atoms with Crippen molar-refractivity contribution in [3.63, 3.8) is 0 Å². The number of ether oxygens (including phenoxy) is 1. The highest BCUT2D eigenvalue weighted by Gasteiger charge is 2.36. The number of unbranched alkanes of at least 4 members (excludes halogenated alkanes) is 2. The third-order valence-corrected chi connectivity index (χ3v) is 6.10. The van der Waals surface area contributed by atoms with Crippen LogP contribution in [0.25, 0.3) is 0 Å². The number of rotatable bonds is 10. The number of para-hydroxylation sites is 1. The zero-order valence-electron chi connectivity index (χ0n) is 19.9. The van der Waals surface area contributed by atoms with E-state index in [-0.39, 0.29) is 24.2 Å². The smallest absolute Gasteiger partial charge is 0.338 e. The molecule has 1 atom stereocenters. The first-order chi connectivity index (χ1) is 16.0. The fourth-order valence-electron chi connectivity index (χ4n) is 4.20. The van der Waals surface area contributed by atoms with Crippen LogP contribution >= 0.6 is 0 Å². The first-order valence-electron chi connectivity index (χ1n) is 12.0. The zero-order valence-corrected chi connectivity index (χ0v) is 19.9. The van der Waals surface area contributed by atoms with E-state index in [4.69, 9.17) is 4.74 Å². The van der Waals surface area contributed by atoms with Gasteiger partial charge in [-0.25, -0.2) is 4.79 Å². The molecular formula is C27H34N2O4. The van der Waals surface area contributed by atoms with Crippen molar-refractivity contribution >= 4 is 29.2 Å². The van der Waals surface area contributed by atoms with Crippen molar-refractivity contribution in [1.82, 2.24) is 0 Å². The maximum absolute atomic E-state index is 12.9. The van der Waals surface area contributed by atoms with E-state index in [0.29, 0.717) is 24.4 Å². The van der Waals surface area contributed by atoms with Crippen LogP contribution in [0.5, 0.6) is 0 Å². The number of hydrogen-bond donors (Lipinski definition) is 1. The summed E-state index contributed by atoms with van der Waals surface area (Å²) in [5.74, 6) is -0.989. The molecule has 0 spiro atoms. The topological polar surface area (TPSA) is 75.7 Å². The van der Waals surface area contributed by atoms with Crippen LogP contribution in [0.1, 0.15) is 67.9 Å². The van der Waals surface area contributed by atoms with Crippen molar-refractivity contribution in [3.05, 3.63) is 59.2 Å². The molecule has 1 N–H and O–H groups in total. The molecule has 6 heteroatoms. The van der Waals surface area contributed by atoms with Crippen LogP contribution in [-0.2, 0) is 27.2 Å². The van der Waals surface area contributed by atoms with Gasteiger partial charge in [0.25, 0.3) is 0 Å². The Morgan fingerprint density at radius 3 is 2.27 bits per heavy atom. The Kier molecular flexibility index (Phi) is 8.64. The number of carbonyl (C=O) groups excluding carboxylic acids is 3. The van der Waals surface area contributed by atoms with Crippen LogP contribution in [0.2, 0.25) is 0 Å². The van der Waals surface area contributed by atoms with Gasteiger partial charge in [-0.2, -0.15) is 0 Å². The van der Waals surface area contributed by atoms with Crippen LogP contribution < -0.4 is 10.2 Å². The fourth-order valence-corrected chi connectivity index (χ4v) is 4.20. The minimum atomic E-state index is -0.421. The van der Waals surface area contributed by atoms with E-state index in [1.807, 2.05) is 18.2 Å². The Labute approximate surface area is 196 Å². The maximum atomic E-state index is 12.9. The summed E-state index contributed by atoms with van der Waals surface area (Å²) >= 11 is 0. The van der Waals surface area contributed by atoms with Crippen LogP contribution in [-0.4, -0.2) is 30.9 Å². The molecule has 2 amide bonds. The summed E-state index contributed by atoms with van der Waals surface area (Å²) in [5.41, 5.74) is 4.26. The highest BCUT2D eigenvalue weighted by Crippen LogP contribution is 2.32. The molecule has 0 unspecified atom stereocenters. The van der Waals surface area contributed by atoms with Gasteiger partial charge in [0.05, 0.1) is 18.1 Å². The molecule has 0 bridgehead atoms. The quantitative estimate of drug-likeness (QED) is 0.401. The molecule has 0 radical (unpaired) electrons. The molecule has 1 heterocycles. The Balaban J connectivity index is 1.62. The van der Waals surface area contributed by atoms with E-state index in [1.165, 1.54) is 0 Å². The molecule has 1 aliphatic heterocycles. The molecule has 2 aromatic rings. The molecule has 0 aliphatic carbocycles. The molecule has 3 rings (SSSR count). The van der Waals surface area contributed by atoms with Gasteiger partial charge in [0, 0.05) is 24.3 Å². The second-order valence-electron chi connectivity index (χ2n) is 8.45. The number of benzene rings is 2. The van der Waals surface area contributed by atoms with Gasteiger partial charge in [-0.3, -0.25) is 9.59 Å². The van der Waals surface area contributed by atoms with Crippen molar-refractivity contribution in [3.8, 4) is 0 Å². The summed E-state index contributed by atoms with van der Waals surface area (Å²) in [4.78, 5) is 39.6. The van der Waals surface area contributed by atoms with Gasteiger partial charge in [-0.05, 0) is 54.7 Å². The molecule has 0 aromatic heterocycles. The Morgan fingerprint density at radius 2 is 1.67 bits per heavy atom. The zero-order chi connectivity index (χ0) is 23.8. The van der Waals surface area contributed by atoms with Crippen LogP contribution in [0, 0.1) is 5.92 Å². The van der Waals surface area contributed by atoms with Gasteiger partial charge in [0.15, 0.2) is 0 Å². The first kappa shape index (κ1) is 24.5. The van der Waals surface area contributed by atoms with E-state index in [9.17, 15) is 14.4 Å². The molecule has 33 heavy (non-hydrogen) atoms. The van der Waals surface area contributed by atoms with E-state index < -0.39 is 5.92 Å². The van der Waals surface area contributed by atoms with Crippen molar-refractivity contribution in [1.29, 1.82) is 0 Å². The lowest BCUT2D eigenvalue weighted by Gasteiger charge is -2.23. The lowest BCUT2D eigenvalue weighted by Crippen LogP contribution is -2.29. The third kappa shape index (κ3) is 6.01. The summed E-state index contributed by atoms with van der Waals surface area (Å²) in [6.45, 7) is 7.04. The third-order valence-electron chi connectivity index (χ3n) is 6.10. The maximum Gasteiger partial charge on any atom is 0.338 e. The number of nitrogens with zero attached hydrogens (tertiary/aromatic N) is 1. The Morgan fingerprint density at radius 1 is 1.00 bits per heavy atom. The monoisotopic (exact) mass is 450 g/mol.